The van der Waals surface area contributed by atoms with Crippen LogP contribution in [0.1, 0.15) is 6.92 Å². The number of hydrogen-bond donors (Lipinski definition) is 2. The average Bonchev–Trinajstić information content (AvgIpc) is 2.04. The van der Waals surface area contributed by atoms with Gasteiger partial charge in [0.2, 0.25) is 0 Å². The second kappa shape index (κ2) is 4.42. The van der Waals surface area contributed by atoms with E-state index in [4.69, 9.17) is 0 Å². The van der Waals surface area contributed by atoms with E-state index in [1.54, 1.807) is 31.2 Å². The Kier molecular flexibility index (Phi) is 3.48. The third kappa shape index (κ3) is 3.59. The summed E-state index contributed by atoms with van der Waals surface area (Å²) in [6.45, 7) is 1.86. The first-order valence-electron chi connectivity index (χ1n) is 3.95. The van der Waals surface area contributed by atoms with Gasteiger partial charge in [0.25, 0.3) is 0 Å². The van der Waals surface area contributed by atoms with Crippen molar-refractivity contribution >= 4 is 13.4 Å². The minimum atomic E-state index is -3.66. The van der Waals surface area contributed by atoms with Crippen LogP contribution in [0, 0.1) is 0 Å². The highest BCUT2D eigenvalue weighted by Gasteiger charge is 2.17. The predicted octanol–water partition coefficient (Wildman–Crippen LogP) is 2.24. The van der Waals surface area contributed by atoms with E-state index in [0.717, 1.165) is 0 Å². The maximum absolute atomic E-state index is 11.2. The Labute approximate surface area is 77.1 Å². The zero-order chi connectivity index (χ0) is 9.73. The van der Waals surface area contributed by atoms with Gasteiger partial charge in [-0.3, -0.25) is 9.61 Å². The van der Waals surface area contributed by atoms with E-state index in [9.17, 15) is 9.46 Å². The molecule has 0 spiro atoms. The van der Waals surface area contributed by atoms with Crippen LogP contribution in [-0.2, 0) is 9.09 Å². The normalized spacial score (nSPS) is 14.9. The Bertz CT molecular complexity index is 302. The summed E-state index contributed by atoms with van der Waals surface area (Å²) in [6.07, 6.45) is 0. The van der Waals surface area contributed by atoms with Crippen LogP contribution in [-0.4, -0.2) is 11.5 Å². The molecule has 0 aromatic heterocycles. The van der Waals surface area contributed by atoms with Crippen molar-refractivity contribution in [3.63, 3.8) is 0 Å². The summed E-state index contributed by atoms with van der Waals surface area (Å²) in [5.74, 6) is 0. The van der Waals surface area contributed by atoms with E-state index in [-0.39, 0.29) is 6.61 Å². The highest BCUT2D eigenvalue weighted by atomic mass is 31.2. The lowest BCUT2D eigenvalue weighted by molar-refractivity contribution is 0.279. The van der Waals surface area contributed by atoms with Crippen LogP contribution in [0.15, 0.2) is 30.3 Å². The minimum absolute atomic E-state index is 0.202. The highest BCUT2D eigenvalue weighted by molar-refractivity contribution is 7.54. The first-order valence-corrected chi connectivity index (χ1v) is 5.52. The van der Waals surface area contributed by atoms with Crippen molar-refractivity contribution < 1.29 is 14.0 Å². The lowest BCUT2D eigenvalue weighted by Crippen LogP contribution is -1.99. The van der Waals surface area contributed by atoms with Gasteiger partial charge < -0.3 is 4.89 Å². The first-order chi connectivity index (χ1) is 6.14. The molecule has 13 heavy (non-hydrogen) atoms. The highest BCUT2D eigenvalue weighted by Crippen LogP contribution is 2.41. The third-order valence-corrected chi connectivity index (χ3v) is 2.50. The van der Waals surface area contributed by atoms with E-state index in [1.165, 1.54) is 0 Å². The quantitative estimate of drug-likeness (QED) is 0.733. The maximum atomic E-state index is 11.2. The van der Waals surface area contributed by atoms with Gasteiger partial charge in [-0.2, -0.15) is 0 Å². The zero-order valence-electron chi connectivity index (χ0n) is 7.30. The van der Waals surface area contributed by atoms with E-state index in [1.807, 2.05) is 6.07 Å². The molecule has 0 aliphatic carbocycles. The van der Waals surface area contributed by atoms with Crippen molar-refractivity contribution in [2.24, 2.45) is 0 Å². The summed E-state index contributed by atoms with van der Waals surface area (Å²) < 4.78 is 15.8. The van der Waals surface area contributed by atoms with Crippen molar-refractivity contribution in [3.8, 4) is 0 Å². The molecule has 72 valence electrons. The van der Waals surface area contributed by atoms with E-state index in [2.05, 4.69) is 9.61 Å². The zero-order valence-corrected chi connectivity index (χ0v) is 8.20. The summed E-state index contributed by atoms with van der Waals surface area (Å²) in [6, 6.07) is 8.76. The molecule has 1 rings (SSSR count). The van der Waals surface area contributed by atoms with Gasteiger partial charge in [0.05, 0.1) is 6.61 Å². The molecule has 0 aliphatic rings. The minimum Gasteiger partial charge on any atom is -0.308 e. The van der Waals surface area contributed by atoms with Crippen LogP contribution < -0.4 is 5.09 Å². The number of nitrogens with one attached hydrogen (secondary N) is 1. The molecular formula is C8H12NO3P. The molecule has 4 nitrogen and oxygen atoms in total. The number of rotatable bonds is 4. The number of anilines is 1. The van der Waals surface area contributed by atoms with Gasteiger partial charge in [-0.25, -0.2) is 4.57 Å². The number of para-hydroxylation sites is 1. The molecule has 1 unspecified atom stereocenters. The van der Waals surface area contributed by atoms with Gasteiger partial charge >= 0.3 is 7.75 Å². The maximum Gasteiger partial charge on any atom is 0.430 e. The molecule has 1 atom stereocenters. The lowest BCUT2D eigenvalue weighted by atomic mass is 10.3. The SMILES string of the molecule is CCOP(=O)(O)Nc1ccccc1. The second-order valence-electron chi connectivity index (χ2n) is 2.42. The van der Waals surface area contributed by atoms with Crippen molar-refractivity contribution in [2.45, 2.75) is 6.92 Å². The second-order valence-corrected chi connectivity index (χ2v) is 3.94. The van der Waals surface area contributed by atoms with Crippen molar-refractivity contribution in [2.75, 3.05) is 11.7 Å². The molecule has 0 fully saturated rings. The standard InChI is InChI=1S/C8H12NO3P/c1-2-12-13(10,11)9-8-6-4-3-5-7-8/h3-7H,2H2,1H3,(H2,9,10,11). The van der Waals surface area contributed by atoms with E-state index < -0.39 is 7.75 Å². The van der Waals surface area contributed by atoms with Crippen LogP contribution in [0.3, 0.4) is 0 Å². The molecule has 0 saturated carbocycles. The third-order valence-electron chi connectivity index (χ3n) is 1.35. The Morgan fingerprint density at radius 2 is 2.08 bits per heavy atom. The molecule has 1 aromatic carbocycles. The summed E-state index contributed by atoms with van der Waals surface area (Å²) in [5.41, 5.74) is 0.571. The summed E-state index contributed by atoms with van der Waals surface area (Å²) in [4.78, 5) is 9.19. The largest absolute Gasteiger partial charge is 0.430 e. The van der Waals surface area contributed by atoms with E-state index in [0.29, 0.717) is 5.69 Å². The smallest absolute Gasteiger partial charge is 0.308 e. The topological polar surface area (TPSA) is 58.6 Å². The van der Waals surface area contributed by atoms with Gasteiger partial charge in [0.1, 0.15) is 0 Å². The Morgan fingerprint density at radius 3 is 2.62 bits per heavy atom. The number of hydrogen-bond acceptors (Lipinski definition) is 2. The molecule has 1 aromatic rings. The van der Waals surface area contributed by atoms with Crippen LogP contribution in [0.25, 0.3) is 0 Å². The average molecular weight is 201 g/mol. The Balaban J connectivity index is 2.64. The fourth-order valence-corrected chi connectivity index (χ4v) is 1.77. The fraction of sp³-hybridized carbons (Fsp3) is 0.250. The molecule has 0 amide bonds. The fourth-order valence-electron chi connectivity index (χ4n) is 0.883. The van der Waals surface area contributed by atoms with Crippen molar-refractivity contribution in [1.82, 2.24) is 0 Å². The predicted molar refractivity (Wildman–Crippen MR) is 51.5 cm³/mol. The molecule has 0 aliphatic heterocycles. The van der Waals surface area contributed by atoms with Gasteiger partial charge in [0, 0.05) is 5.69 Å². The Hall–Kier alpha value is -0.830. The van der Waals surface area contributed by atoms with Gasteiger partial charge in [-0.1, -0.05) is 18.2 Å². The van der Waals surface area contributed by atoms with Crippen LogP contribution in [0.5, 0.6) is 0 Å². The molecule has 5 heteroatoms. The van der Waals surface area contributed by atoms with Crippen molar-refractivity contribution in [3.05, 3.63) is 30.3 Å². The lowest BCUT2D eigenvalue weighted by Gasteiger charge is -2.12. The van der Waals surface area contributed by atoms with Crippen molar-refractivity contribution in [1.29, 1.82) is 0 Å². The first kappa shape index (κ1) is 10.3. The van der Waals surface area contributed by atoms with Gasteiger partial charge in [0.15, 0.2) is 0 Å². The molecule has 0 bridgehead atoms. The van der Waals surface area contributed by atoms with Crippen LogP contribution in [0.2, 0.25) is 0 Å². The molecule has 0 saturated heterocycles. The summed E-state index contributed by atoms with van der Waals surface area (Å²) in [7, 11) is -3.66. The molecular weight excluding hydrogens is 189 g/mol. The monoisotopic (exact) mass is 201 g/mol. The molecule has 0 radical (unpaired) electrons. The van der Waals surface area contributed by atoms with Gasteiger partial charge in [-0.05, 0) is 19.1 Å². The van der Waals surface area contributed by atoms with Gasteiger partial charge in [-0.15, -0.1) is 0 Å². The van der Waals surface area contributed by atoms with Crippen LogP contribution in [0.4, 0.5) is 5.69 Å². The molecule has 2 N–H and O–H groups in total. The van der Waals surface area contributed by atoms with E-state index >= 15 is 0 Å². The Morgan fingerprint density at radius 1 is 1.46 bits per heavy atom. The van der Waals surface area contributed by atoms with Crippen LogP contribution >= 0.6 is 7.75 Å². The number of benzene rings is 1. The summed E-state index contributed by atoms with van der Waals surface area (Å²) >= 11 is 0. The molecule has 0 heterocycles. The summed E-state index contributed by atoms with van der Waals surface area (Å²) in [5, 5.41) is 2.41.